The fourth-order valence-electron chi connectivity index (χ4n) is 2.81. The molecule has 0 aromatic heterocycles. The number of aryl methyl sites for hydroxylation is 1. The van der Waals surface area contributed by atoms with Gasteiger partial charge >= 0.3 is 29.6 Å². The van der Waals surface area contributed by atoms with E-state index >= 15 is 0 Å². The van der Waals surface area contributed by atoms with Crippen LogP contribution in [0, 0.1) is 0 Å². The molecule has 0 aliphatic rings. The van der Waals surface area contributed by atoms with Crippen LogP contribution in [0.5, 0.6) is 17.2 Å². The summed E-state index contributed by atoms with van der Waals surface area (Å²) in [5.74, 6) is -0.0209. The minimum absolute atomic E-state index is 0. The number of benzene rings is 2. The fraction of sp³-hybridized carbons (Fsp3) is 0.400. The van der Waals surface area contributed by atoms with Crippen molar-refractivity contribution in [1.82, 2.24) is 0 Å². The number of ether oxygens (including phenoxy) is 1. The number of hydrogen-bond donors (Lipinski definition) is 1. The predicted molar refractivity (Wildman–Crippen MR) is 99.3 cm³/mol. The molecule has 0 radical (unpaired) electrons. The van der Waals surface area contributed by atoms with E-state index in [0.29, 0.717) is 17.7 Å². The summed E-state index contributed by atoms with van der Waals surface area (Å²) in [6.45, 7) is 2.15. The first-order chi connectivity index (χ1) is 12.4. The largest absolute Gasteiger partial charge is 1.00 e. The normalized spacial score (nSPS) is 11.0. The third-order valence-electron chi connectivity index (χ3n) is 4.18. The Kier molecular flexibility index (Phi) is 10.4. The molecule has 0 aliphatic heterocycles. The molecule has 0 saturated carbocycles. The van der Waals surface area contributed by atoms with E-state index in [1.165, 1.54) is 12.5 Å². The smallest absolute Gasteiger partial charge is 0.870 e. The maximum Gasteiger partial charge on any atom is 1.00 e. The molecule has 0 bridgehead atoms. The summed E-state index contributed by atoms with van der Waals surface area (Å²) in [5, 5.41) is 12.2. The van der Waals surface area contributed by atoms with Crippen LogP contribution in [0.4, 0.5) is 0 Å². The summed E-state index contributed by atoms with van der Waals surface area (Å²) >= 11 is 0. The zero-order valence-corrected chi connectivity index (χ0v) is 18.8. The van der Waals surface area contributed by atoms with E-state index in [4.69, 9.17) is 4.74 Å². The second-order valence-corrected chi connectivity index (χ2v) is 7.70. The average molecular weight is 400 g/mol. The number of hydrogen-bond acceptors (Lipinski definition) is 4. The molecule has 0 saturated heterocycles. The molecule has 0 fully saturated rings. The molecule has 0 unspecified atom stereocenters. The number of unbranched alkanes of at least 4 members (excludes halogenated alkanes) is 5. The van der Waals surface area contributed by atoms with Gasteiger partial charge < -0.3 is 9.84 Å². The van der Waals surface area contributed by atoms with Gasteiger partial charge in [-0.1, -0.05) is 63.0 Å². The van der Waals surface area contributed by atoms with Gasteiger partial charge in [0.25, 0.3) is 10.1 Å². The van der Waals surface area contributed by atoms with Crippen molar-refractivity contribution in [2.24, 2.45) is 0 Å². The van der Waals surface area contributed by atoms with Crippen molar-refractivity contribution >= 4 is 10.1 Å². The van der Waals surface area contributed by atoms with Crippen molar-refractivity contribution in [2.45, 2.75) is 56.8 Å². The standard InChI is InChI=1S/C20H26O5S.Na/c1-2-3-4-5-6-8-11-16-14-19(25-17-12-9-7-10-13-17)18(21)15-20(16)26(22,23)24;/h7,9-10,12-15,21H,2-6,8,11H2,1H3,(H,22,23,24);/q;+1/p-1. The molecule has 0 aliphatic carbocycles. The van der Waals surface area contributed by atoms with E-state index in [2.05, 4.69) is 6.92 Å². The molecule has 5 nitrogen and oxygen atoms in total. The van der Waals surface area contributed by atoms with Crippen LogP contribution in [-0.4, -0.2) is 13.0 Å². The van der Waals surface area contributed by atoms with E-state index < -0.39 is 15.9 Å². The monoisotopic (exact) mass is 400 g/mol. The Bertz CT molecular complexity index is 807. The Morgan fingerprint density at radius 2 is 1.63 bits per heavy atom. The van der Waals surface area contributed by atoms with Crippen LogP contribution in [-0.2, 0) is 16.5 Å². The topological polar surface area (TPSA) is 86.7 Å². The van der Waals surface area contributed by atoms with Crippen molar-refractivity contribution in [2.75, 3.05) is 0 Å². The minimum Gasteiger partial charge on any atom is -0.870 e. The average Bonchev–Trinajstić information content (AvgIpc) is 2.60. The van der Waals surface area contributed by atoms with Crippen LogP contribution in [0.2, 0.25) is 0 Å². The zero-order chi connectivity index (χ0) is 19.0. The molecule has 0 amide bonds. The van der Waals surface area contributed by atoms with E-state index in [-0.39, 0.29) is 40.2 Å². The van der Waals surface area contributed by atoms with E-state index in [9.17, 15) is 18.1 Å². The summed E-state index contributed by atoms with van der Waals surface area (Å²) in [4.78, 5) is -0.323. The third-order valence-corrected chi connectivity index (χ3v) is 5.11. The van der Waals surface area contributed by atoms with Gasteiger partial charge in [-0.05, 0) is 42.7 Å². The summed E-state index contributed by atoms with van der Waals surface area (Å²) < 4.78 is 38.3. The van der Waals surface area contributed by atoms with Gasteiger partial charge in [-0.25, -0.2) is 0 Å². The second-order valence-electron chi connectivity index (χ2n) is 6.31. The Hall–Kier alpha value is -1.05. The van der Waals surface area contributed by atoms with Crippen LogP contribution in [0.1, 0.15) is 51.0 Å². The summed E-state index contributed by atoms with van der Waals surface area (Å²) in [6.07, 6.45) is 6.82. The molecule has 7 heteroatoms. The van der Waals surface area contributed by atoms with Gasteiger partial charge in [0.2, 0.25) is 0 Å². The SMILES string of the molecule is CCCCCCCCc1cc(Oc2ccccc2)c([O-])cc1S(=O)(=O)O.[Na+]. The van der Waals surface area contributed by atoms with Crippen molar-refractivity contribution < 1.29 is 52.4 Å². The van der Waals surface area contributed by atoms with Gasteiger partial charge in [-0.3, -0.25) is 4.55 Å². The Labute approximate surface area is 183 Å². The van der Waals surface area contributed by atoms with Crippen molar-refractivity contribution in [1.29, 1.82) is 0 Å². The van der Waals surface area contributed by atoms with Crippen LogP contribution in [0.3, 0.4) is 0 Å². The molecule has 0 spiro atoms. The van der Waals surface area contributed by atoms with Gasteiger partial charge in [0.1, 0.15) is 11.5 Å². The zero-order valence-electron chi connectivity index (χ0n) is 16.0. The molecule has 1 N–H and O–H groups in total. The fourth-order valence-corrected chi connectivity index (χ4v) is 3.56. The molecular formula is C20H25NaO5S. The number of rotatable bonds is 10. The van der Waals surface area contributed by atoms with Gasteiger partial charge in [0.05, 0.1) is 4.90 Å². The first kappa shape index (κ1) is 24.0. The predicted octanol–water partition coefficient (Wildman–Crippen LogP) is 1.71. The van der Waals surface area contributed by atoms with Crippen molar-refractivity contribution in [3.63, 3.8) is 0 Å². The first-order valence-corrected chi connectivity index (χ1v) is 10.4. The molecule has 2 rings (SSSR count). The molecule has 2 aromatic carbocycles. The second kappa shape index (κ2) is 11.7. The maximum absolute atomic E-state index is 12.2. The van der Waals surface area contributed by atoms with Crippen LogP contribution >= 0.6 is 0 Å². The van der Waals surface area contributed by atoms with Gasteiger partial charge in [0.15, 0.2) is 0 Å². The molecule has 142 valence electrons. The minimum atomic E-state index is -4.45. The summed E-state index contributed by atoms with van der Waals surface area (Å²) in [7, 11) is -4.45. The van der Waals surface area contributed by atoms with E-state index in [1.54, 1.807) is 24.3 Å². The Balaban J connectivity index is 0.00000364. The third kappa shape index (κ3) is 7.84. The molecule has 0 atom stereocenters. The molecule has 27 heavy (non-hydrogen) atoms. The van der Waals surface area contributed by atoms with Gasteiger partial charge in [-0.15, -0.1) is 0 Å². The number of para-hydroxylation sites is 1. The van der Waals surface area contributed by atoms with E-state index in [0.717, 1.165) is 38.2 Å². The Morgan fingerprint density at radius 1 is 1.00 bits per heavy atom. The van der Waals surface area contributed by atoms with E-state index in [1.807, 2.05) is 6.07 Å². The van der Waals surface area contributed by atoms with Gasteiger partial charge in [-0.2, -0.15) is 8.42 Å². The van der Waals surface area contributed by atoms with Crippen LogP contribution < -0.4 is 39.4 Å². The van der Waals surface area contributed by atoms with Crippen molar-refractivity contribution in [3.8, 4) is 17.2 Å². The maximum atomic E-state index is 12.2. The summed E-state index contributed by atoms with van der Waals surface area (Å²) in [6, 6.07) is 11.2. The first-order valence-electron chi connectivity index (χ1n) is 8.96. The summed E-state index contributed by atoms with van der Waals surface area (Å²) in [5.41, 5.74) is 0.411. The van der Waals surface area contributed by atoms with Crippen LogP contribution in [0.25, 0.3) is 0 Å². The molecule has 0 heterocycles. The molecular weight excluding hydrogens is 375 g/mol. The molecule has 2 aromatic rings. The van der Waals surface area contributed by atoms with Crippen LogP contribution in [0.15, 0.2) is 47.4 Å². The quantitative estimate of drug-likeness (QED) is 0.373. The van der Waals surface area contributed by atoms with Gasteiger partial charge in [0, 0.05) is 0 Å². The van der Waals surface area contributed by atoms with Crippen molar-refractivity contribution in [3.05, 3.63) is 48.0 Å². The Morgan fingerprint density at radius 3 is 2.26 bits per heavy atom.